The summed E-state index contributed by atoms with van der Waals surface area (Å²) in [5, 5.41) is 3.81. The van der Waals surface area contributed by atoms with Crippen molar-refractivity contribution in [3.05, 3.63) is 28.8 Å². The fourth-order valence-corrected chi connectivity index (χ4v) is 2.34. The zero-order valence-corrected chi connectivity index (χ0v) is 11.7. The smallest absolute Gasteiger partial charge is 0.340 e. The largest absolute Gasteiger partial charge is 0.465 e. The summed E-state index contributed by atoms with van der Waals surface area (Å²) in [7, 11) is 1.36. The van der Waals surface area contributed by atoms with Crippen LogP contribution in [0.1, 0.15) is 23.2 Å². The van der Waals surface area contributed by atoms with Crippen molar-refractivity contribution in [1.82, 2.24) is 0 Å². The SMILES string of the molecule is COC(=O)c1cc(Cl)ccc1NCC1CCCOC1. The van der Waals surface area contributed by atoms with Crippen molar-refractivity contribution in [3.63, 3.8) is 0 Å². The van der Waals surface area contributed by atoms with Gasteiger partial charge < -0.3 is 14.8 Å². The topological polar surface area (TPSA) is 47.6 Å². The van der Waals surface area contributed by atoms with E-state index in [1.165, 1.54) is 7.11 Å². The third-order valence-corrected chi connectivity index (χ3v) is 3.46. The van der Waals surface area contributed by atoms with E-state index in [2.05, 4.69) is 5.32 Å². The molecule has 19 heavy (non-hydrogen) atoms. The number of hydrogen-bond donors (Lipinski definition) is 1. The molecule has 1 saturated heterocycles. The number of carbonyl (C=O) groups is 1. The lowest BCUT2D eigenvalue weighted by Gasteiger charge is -2.23. The molecule has 0 aliphatic carbocycles. The highest BCUT2D eigenvalue weighted by Crippen LogP contribution is 2.23. The summed E-state index contributed by atoms with van der Waals surface area (Å²) in [6, 6.07) is 5.18. The van der Waals surface area contributed by atoms with Crippen molar-refractivity contribution in [2.45, 2.75) is 12.8 Å². The Morgan fingerprint density at radius 2 is 2.42 bits per heavy atom. The van der Waals surface area contributed by atoms with Crippen LogP contribution in [-0.4, -0.2) is 32.8 Å². The Morgan fingerprint density at radius 3 is 3.11 bits per heavy atom. The first kappa shape index (κ1) is 14.2. The van der Waals surface area contributed by atoms with Crippen LogP contribution in [0.2, 0.25) is 5.02 Å². The molecule has 104 valence electrons. The highest BCUT2D eigenvalue weighted by Gasteiger charge is 2.16. The van der Waals surface area contributed by atoms with Crippen LogP contribution >= 0.6 is 11.6 Å². The molecule has 1 aromatic rings. The molecule has 0 bridgehead atoms. The number of nitrogens with one attached hydrogen (secondary N) is 1. The number of hydrogen-bond acceptors (Lipinski definition) is 4. The van der Waals surface area contributed by atoms with E-state index >= 15 is 0 Å². The maximum Gasteiger partial charge on any atom is 0.340 e. The molecule has 0 amide bonds. The van der Waals surface area contributed by atoms with E-state index < -0.39 is 0 Å². The van der Waals surface area contributed by atoms with Gasteiger partial charge in [0.05, 0.1) is 19.3 Å². The van der Waals surface area contributed by atoms with Crippen LogP contribution in [0.3, 0.4) is 0 Å². The number of anilines is 1. The number of carbonyl (C=O) groups excluding carboxylic acids is 1. The molecule has 0 radical (unpaired) electrons. The number of ether oxygens (including phenoxy) is 2. The summed E-state index contributed by atoms with van der Waals surface area (Å²) in [6.45, 7) is 2.41. The van der Waals surface area contributed by atoms with Gasteiger partial charge in [0.25, 0.3) is 0 Å². The first-order valence-electron chi connectivity index (χ1n) is 6.40. The van der Waals surface area contributed by atoms with E-state index in [1.54, 1.807) is 18.2 Å². The van der Waals surface area contributed by atoms with Crippen molar-refractivity contribution >= 4 is 23.3 Å². The Morgan fingerprint density at radius 1 is 1.58 bits per heavy atom. The summed E-state index contributed by atoms with van der Waals surface area (Å²) in [5.41, 5.74) is 1.22. The van der Waals surface area contributed by atoms with Crippen LogP contribution in [0.25, 0.3) is 0 Å². The van der Waals surface area contributed by atoms with Gasteiger partial charge in [-0.15, -0.1) is 0 Å². The molecular weight excluding hydrogens is 266 g/mol. The third kappa shape index (κ3) is 3.85. The van der Waals surface area contributed by atoms with Crippen molar-refractivity contribution in [3.8, 4) is 0 Å². The van der Waals surface area contributed by atoms with Gasteiger partial charge in [-0.25, -0.2) is 4.79 Å². The number of esters is 1. The number of halogens is 1. The van der Waals surface area contributed by atoms with E-state index in [0.717, 1.165) is 38.3 Å². The third-order valence-electron chi connectivity index (χ3n) is 3.22. The molecule has 0 saturated carbocycles. The molecule has 1 heterocycles. The summed E-state index contributed by atoms with van der Waals surface area (Å²) < 4.78 is 10.2. The quantitative estimate of drug-likeness (QED) is 0.863. The lowest BCUT2D eigenvalue weighted by Crippen LogP contribution is -2.25. The van der Waals surface area contributed by atoms with E-state index in [-0.39, 0.29) is 5.97 Å². The molecule has 2 rings (SSSR count). The lowest BCUT2D eigenvalue weighted by molar-refractivity contribution is 0.0592. The first-order valence-corrected chi connectivity index (χ1v) is 6.78. The Balaban J connectivity index is 2.04. The van der Waals surface area contributed by atoms with Gasteiger partial charge in [-0.05, 0) is 37.0 Å². The zero-order chi connectivity index (χ0) is 13.7. The molecule has 1 aromatic carbocycles. The molecule has 1 fully saturated rings. The van der Waals surface area contributed by atoms with E-state index in [0.29, 0.717) is 16.5 Å². The van der Waals surface area contributed by atoms with Gasteiger partial charge in [-0.1, -0.05) is 11.6 Å². The number of benzene rings is 1. The minimum absolute atomic E-state index is 0.384. The lowest BCUT2D eigenvalue weighted by atomic mass is 10.0. The van der Waals surface area contributed by atoms with Crippen molar-refractivity contribution in [2.75, 3.05) is 32.2 Å². The predicted octanol–water partition coefficient (Wildman–Crippen LogP) is 2.97. The van der Waals surface area contributed by atoms with Crippen LogP contribution in [0.5, 0.6) is 0 Å². The van der Waals surface area contributed by atoms with Crippen molar-refractivity contribution in [1.29, 1.82) is 0 Å². The molecule has 0 aromatic heterocycles. The Hall–Kier alpha value is -1.26. The highest BCUT2D eigenvalue weighted by molar-refractivity contribution is 6.31. The van der Waals surface area contributed by atoms with Gasteiger partial charge in [0.2, 0.25) is 0 Å². The monoisotopic (exact) mass is 283 g/mol. The molecule has 1 N–H and O–H groups in total. The minimum Gasteiger partial charge on any atom is -0.465 e. The van der Waals surface area contributed by atoms with Crippen LogP contribution in [0, 0.1) is 5.92 Å². The maximum absolute atomic E-state index is 11.7. The summed E-state index contributed by atoms with van der Waals surface area (Å²) >= 11 is 5.91. The summed E-state index contributed by atoms with van der Waals surface area (Å²) in [4.78, 5) is 11.7. The second-order valence-electron chi connectivity index (χ2n) is 4.65. The minimum atomic E-state index is -0.384. The molecule has 5 heteroatoms. The molecule has 1 atom stereocenters. The van der Waals surface area contributed by atoms with Crippen molar-refractivity contribution in [2.24, 2.45) is 5.92 Å². The molecule has 1 aliphatic heterocycles. The van der Waals surface area contributed by atoms with Gasteiger partial charge in [-0.3, -0.25) is 0 Å². The van der Waals surface area contributed by atoms with Gasteiger partial charge in [0, 0.05) is 23.9 Å². The van der Waals surface area contributed by atoms with Gasteiger partial charge in [-0.2, -0.15) is 0 Å². The molecular formula is C14H18ClNO3. The summed E-state index contributed by atoms with van der Waals surface area (Å²) in [6.07, 6.45) is 2.24. The maximum atomic E-state index is 11.7. The van der Waals surface area contributed by atoms with E-state index in [1.807, 2.05) is 0 Å². The molecule has 4 nitrogen and oxygen atoms in total. The normalized spacial score (nSPS) is 18.9. The standard InChI is InChI=1S/C14H18ClNO3/c1-18-14(17)12-7-11(15)4-5-13(12)16-8-10-3-2-6-19-9-10/h4-5,7,10,16H,2-3,6,8-9H2,1H3. The number of methoxy groups -OCH3 is 1. The molecule has 1 aliphatic rings. The van der Waals surface area contributed by atoms with Crippen molar-refractivity contribution < 1.29 is 14.3 Å². The first-order chi connectivity index (χ1) is 9.20. The van der Waals surface area contributed by atoms with Gasteiger partial charge in [0.15, 0.2) is 0 Å². The Bertz CT molecular complexity index is 444. The average Bonchev–Trinajstić information content (AvgIpc) is 2.46. The Kier molecular flexibility index (Phi) is 5.05. The van der Waals surface area contributed by atoms with Gasteiger partial charge in [0.1, 0.15) is 0 Å². The molecule has 1 unspecified atom stereocenters. The Labute approximate surface area is 118 Å². The van der Waals surface area contributed by atoms with Gasteiger partial charge >= 0.3 is 5.97 Å². The highest BCUT2D eigenvalue weighted by atomic mass is 35.5. The fourth-order valence-electron chi connectivity index (χ4n) is 2.17. The summed E-state index contributed by atoms with van der Waals surface area (Å²) in [5.74, 6) is 0.0971. The molecule has 0 spiro atoms. The van der Waals surface area contributed by atoms with E-state index in [4.69, 9.17) is 21.1 Å². The number of rotatable bonds is 4. The second kappa shape index (κ2) is 6.78. The average molecular weight is 284 g/mol. The fraction of sp³-hybridized carbons (Fsp3) is 0.500. The van der Waals surface area contributed by atoms with Crippen LogP contribution in [-0.2, 0) is 9.47 Å². The second-order valence-corrected chi connectivity index (χ2v) is 5.08. The van der Waals surface area contributed by atoms with Crippen LogP contribution in [0.15, 0.2) is 18.2 Å². The van der Waals surface area contributed by atoms with Crippen LogP contribution in [0.4, 0.5) is 5.69 Å². The van der Waals surface area contributed by atoms with Crippen LogP contribution < -0.4 is 5.32 Å². The van der Waals surface area contributed by atoms with E-state index in [9.17, 15) is 4.79 Å². The zero-order valence-electron chi connectivity index (χ0n) is 10.9. The predicted molar refractivity (Wildman–Crippen MR) is 74.8 cm³/mol.